The predicted molar refractivity (Wildman–Crippen MR) is 79.5 cm³/mol. The third-order valence-electron chi connectivity index (χ3n) is 4.48. The minimum Gasteiger partial charge on any atom is -0.406 e. The number of nitrogens with zero attached hydrogens (tertiary/aromatic N) is 3. The molecule has 1 atom stereocenters. The quantitative estimate of drug-likeness (QED) is 0.912. The van der Waals surface area contributed by atoms with E-state index in [1.54, 1.807) is 18.3 Å². The molecular weight excluding hydrogens is 327 g/mol. The van der Waals surface area contributed by atoms with Gasteiger partial charge in [0.15, 0.2) is 17.3 Å². The Kier molecular flexibility index (Phi) is 4.64. The van der Waals surface area contributed by atoms with E-state index in [0.717, 1.165) is 0 Å². The van der Waals surface area contributed by atoms with Gasteiger partial charge in [0.2, 0.25) is 0 Å². The van der Waals surface area contributed by atoms with Crippen LogP contribution in [-0.2, 0) is 6.54 Å². The molecule has 0 spiro atoms. The number of fused-ring (bicyclic) bond motifs is 1. The zero-order valence-corrected chi connectivity index (χ0v) is 12.9. The maximum atomic E-state index is 12.5. The first-order valence-corrected chi connectivity index (χ1v) is 7.78. The van der Waals surface area contributed by atoms with Crippen molar-refractivity contribution in [3.63, 3.8) is 0 Å². The molecule has 1 unspecified atom stereocenters. The van der Waals surface area contributed by atoms with E-state index in [0.29, 0.717) is 37.4 Å². The first-order valence-electron chi connectivity index (χ1n) is 7.78. The van der Waals surface area contributed by atoms with Crippen LogP contribution in [0.3, 0.4) is 0 Å². The van der Waals surface area contributed by atoms with Crippen molar-refractivity contribution in [1.29, 1.82) is 0 Å². The van der Waals surface area contributed by atoms with Crippen LogP contribution < -0.4 is 5.76 Å². The molecule has 0 amide bonds. The first-order chi connectivity index (χ1) is 11.4. The third-order valence-corrected chi connectivity index (χ3v) is 4.48. The SMILES string of the molecule is O=c1oc2cccnc2n1CCN1CCC(C(O)C(F)(F)F)CC1. The normalized spacial score (nSPS) is 19.0. The van der Waals surface area contributed by atoms with Gasteiger partial charge in [-0.25, -0.2) is 9.78 Å². The monoisotopic (exact) mass is 345 g/mol. The zero-order chi connectivity index (χ0) is 17.3. The highest BCUT2D eigenvalue weighted by Crippen LogP contribution is 2.31. The van der Waals surface area contributed by atoms with Crippen LogP contribution in [0.25, 0.3) is 11.2 Å². The lowest BCUT2D eigenvalue weighted by Crippen LogP contribution is -2.44. The summed E-state index contributed by atoms with van der Waals surface area (Å²) in [5, 5.41) is 9.32. The molecule has 1 saturated heterocycles. The maximum Gasteiger partial charge on any atom is 0.421 e. The Morgan fingerprint density at radius 2 is 2.04 bits per heavy atom. The van der Waals surface area contributed by atoms with Crippen molar-refractivity contribution < 1.29 is 22.7 Å². The van der Waals surface area contributed by atoms with Crippen LogP contribution >= 0.6 is 0 Å². The van der Waals surface area contributed by atoms with E-state index in [4.69, 9.17) is 4.42 Å². The van der Waals surface area contributed by atoms with E-state index in [1.165, 1.54) is 4.57 Å². The van der Waals surface area contributed by atoms with Crippen LogP contribution in [0, 0.1) is 5.92 Å². The lowest BCUT2D eigenvalue weighted by Gasteiger charge is -2.34. The van der Waals surface area contributed by atoms with Gasteiger partial charge in [-0.1, -0.05) is 0 Å². The van der Waals surface area contributed by atoms with Gasteiger partial charge in [-0.05, 0) is 44.0 Å². The molecule has 1 aliphatic rings. The first kappa shape index (κ1) is 17.0. The highest BCUT2D eigenvalue weighted by Gasteiger charge is 2.44. The molecule has 24 heavy (non-hydrogen) atoms. The van der Waals surface area contributed by atoms with Crippen molar-refractivity contribution >= 4 is 11.2 Å². The summed E-state index contributed by atoms with van der Waals surface area (Å²) < 4.78 is 44.1. The molecule has 9 heteroatoms. The molecule has 2 aromatic heterocycles. The second kappa shape index (κ2) is 6.56. The number of alkyl halides is 3. The molecule has 0 bridgehead atoms. The minimum absolute atomic E-state index is 0.278. The Morgan fingerprint density at radius 1 is 1.33 bits per heavy atom. The largest absolute Gasteiger partial charge is 0.421 e. The van der Waals surface area contributed by atoms with Crippen molar-refractivity contribution in [3.05, 3.63) is 28.9 Å². The molecule has 2 aromatic rings. The molecule has 6 nitrogen and oxygen atoms in total. The minimum atomic E-state index is -4.57. The number of likely N-dealkylation sites (tertiary alicyclic amines) is 1. The number of hydrogen-bond donors (Lipinski definition) is 1. The Balaban J connectivity index is 1.57. The van der Waals surface area contributed by atoms with Crippen LogP contribution in [0.15, 0.2) is 27.5 Å². The van der Waals surface area contributed by atoms with E-state index in [1.807, 2.05) is 4.90 Å². The van der Waals surface area contributed by atoms with Crippen LogP contribution in [0.4, 0.5) is 13.2 Å². The average molecular weight is 345 g/mol. The summed E-state index contributed by atoms with van der Waals surface area (Å²) in [5.74, 6) is -1.26. The summed E-state index contributed by atoms with van der Waals surface area (Å²) in [6.45, 7) is 1.78. The van der Waals surface area contributed by atoms with Crippen LogP contribution in [-0.4, -0.2) is 51.5 Å². The van der Waals surface area contributed by atoms with E-state index in [2.05, 4.69) is 4.98 Å². The molecular formula is C15H18F3N3O3. The van der Waals surface area contributed by atoms with Gasteiger partial charge in [0.25, 0.3) is 0 Å². The average Bonchev–Trinajstić information content (AvgIpc) is 2.87. The number of aliphatic hydroxyl groups is 1. The summed E-state index contributed by atoms with van der Waals surface area (Å²) in [5.41, 5.74) is 0.874. The smallest absolute Gasteiger partial charge is 0.406 e. The summed E-state index contributed by atoms with van der Waals surface area (Å²) >= 11 is 0. The van der Waals surface area contributed by atoms with Crippen LogP contribution in [0.2, 0.25) is 0 Å². The van der Waals surface area contributed by atoms with E-state index in [9.17, 15) is 23.1 Å². The number of aliphatic hydroxyl groups excluding tert-OH is 1. The molecule has 132 valence electrons. The lowest BCUT2D eigenvalue weighted by atomic mass is 9.91. The lowest BCUT2D eigenvalue weighted by molar-refractivity contribution is -0.223. The number of pyridine rings is 1. The molecule has 1 fully saturated rings. The fourth-order valence-electron chi connectivity index (χ4n) is 3.10. The van der Waals surface area contributed by atoms with Crippen molar-refractivity contribution in [3.8, 4) is 0 Å². The van der Waals surface area contributed by atoms with Crippen molar-refractivity contribution in [2.75, 3.05) is 19.6 Å². The van der Waals surface area contributed by atoms with E-state index >= 15 is 0 Å². The van der Waals surface area contributed by atoms with E-state index < -0.39 is 24.0 Å². The van der Waals surface area contributed by atoms with Crippen molar-refractivity contribution in [2.24, 2.45) is 5.92 Å². The molecule has 0 saturated carbocycles. The second-order valence-corrected chi connectivity index (χ2v) is 6.01. The molecule has 3 heterocycles. The standard InChI is InChI=1S/C15H18F3N3O3/c16-15(17,18)12(22)10-3-6-20(7-4-10)8-9-21-13-11(24-14(21)23)2-1-5-19-13/h1-2,5,10,12,22H,3-4,6-9H2. The number of hydrogen-bond acceptors (Lipinski definition) is 5. The number of oxazole rings is 1. The highest BCUT2D eigenvalue weighted by atomic mass is 19.4. The number of halogens is 3. The summed E-state index contributed by atoms with van der Waals surface area (Å²) in [7, 11) is 0. The van der Waals surface area contributed by atoms with Crippen LogP contribution in [0.5, 0.6) is 0 Å². The van der Waals surface area contributed by atoms with Gasteiger partial charge in [-0.15, -0.1) is 0 Å². The van der Waals surface area contributed by atoms with Gasteiger partial charge in [0, 0.05) is 19.3 Å². The second-order valence-electron chi connectivity index (χ2n) is 6.01. The zero-order valence-electron chi connectivity index (χ0n) is 12.9. The number of piperidine rings is 1. The summed E-state index contributed by atoms with van der Waals surface area (Å²) in [6.07, 6.45) is -4.71. The Labute approximate surface area is 135 Å². The van der Waals surface area contributed by atoms with Crippen molar-refractivity contribution in [2.45, 2.75) is 31.7 Å². The van der Waals surface area contributed by atoms with Crippen LogP contribution in [0.1, 0.15) is 12.8 Å². The van der Waals surface area contributed by atoms with Gasteiger partial charge in [-0.3, -0.25) is 4.57 Å². The third kappa shape index (κ3) is 3.46. The van der Waals surface area contributed by atoms with Gasteiger partial charge < -0.3 is 14.4 Å². The fourth-order valence-corrected chi connectivity index (χ4v) is 3.10. The van der Waals surface area contributed by atoms with E-state index in [-0.39, 0.29) is 12.8 Å². The number of aromatic nitrogens is 2. The molecule has 1 aliphatic heterocycles. The molecule has 0 radical (unpaired) electrons. The Hall–Kier alpha value is -1.87. The topological polar surface area (TPSA) is 71.5 Å². The predicted octanol–water partition coefficient (Wildman–Crippen LogP) is 1.62. The highest BCUT2D eigenvalue weighted by molar-refractivity contribution is 5.67. The molecule has 0 aliphatic carbocycles. The van der Waals surface area contributed by atoms with Gasteiger partial charge in [-0.2, -0.15) is 13.2 Å². The number of rotatable bonds is 4. The molecule has 0 aromatic carbocycles. The van der Waals surface area contributed by atoms with Crippen molar-refractivity contribution in [1.82, 2.24) is 14.5 Å². The molecule has 1 N–H and O–H groups in total. The maximum absolute atomic E-state index is 12.5. The molecule has 3 rings (SSSR count). The summed E-state index contributed by atoms with van der Waals surface area (Å²) in [4.78, 5) is 17.9. The fraction of sp³-hybridized carbons (Fsp3) is 0.600. The summed E-state index contributed by atoms with van der Waals surface area (Å²) in [6, 6.07) is 3.33. The Bertz CT molecular complexity index is 747. The Morgan fingerprint density at radius 3 is 2.71 bits per heavy atom. The van der Waals surface area contributed by atoms with Gasteiger partial charge >= 0.3 is 11.9 Å². The van der Waals surface area contributed by atoms with Gasteiger partial charge in [0.05, 0.1) is 0 Å². The van der Waals surface area contributed by atoms with Gasteiger partial charge in [0.1, 0.15) is 0 Å².